The van der Waals surface area contributed by atoms with Crippen molar-refractivity contribution in [3.63, 3.8) is 0 Å². The van der Waals surface area contributed by atoms with Gasteiger partial charge in [0.1, 0.15) is 11.0 Å². The maximum Gasteiger partial charge on any atom is 0.407 e. The van der Waals surface area contributed by atoms with Gasteiger partial charge in [0.2, 0.25) is 0 Å². The topological polar surface area (TPSA) is 91.9 Å². The second kappa shape index (κ2) is 6.45. The van der Waals surface area contributed by atoms with Gasteiger partial charge >= 0.3 is 6.09 Å². The molecule has 2 saturated heterocycles. The summed E-state index contributed by atoms with van der Waals surface area (Å²) in [5, 5.41) is 17.3. The summed E-state index contributed by atoms with van der Waals surface area (Å²) < 4.78 is 11.5. The van der Waals surface area contributed by atoms with Crippen molar-refractivity contribution in [2.45, 2.75) is 45.9 Å². The van der Waals surface area contributed by atoms with Gasteiger partial charge in [-0.1, -0.05) is 26.8 Å². The van der Waals surface area contributed by atoms with E-state index in [0.717, 1.165) is 35.2 Å². The van der Waals surface area contributed by atoms with Gasteiger partial charge in [0.05, 0.1) is 18.2 Å². The Morgan fingerprint density at radius 3 is 2.70 bits per heavy atom. The second-order valence-corrected chi connectivity index (χ2v) is 8.61. The second-order valence-electron chi connectivity index (χ2n) is 8.61. The molecule has 2 aliphatic heterocycles. The van der Waals surface area contributed by atoms with E-state index in [1.165, 1.54) is 4.90 Å². The van der Waals surface area contributed by atoms with E-state index < -0.39 is 6.09 Å². The molecule has 2 aliphatic rings. The van der Waals surface area contributed by atoms with Crippen molar-refractivity contribution < 1.29 is 19.3 Å². The van der Waals surface area contributed by atoms with Crippen molar-refractivity contribution in [2.75, 3.05) is 26.2 Å². The zero-order chi connectivity index (χ0) is 19.3. The van der Waals surface area contributed by atoms with Gasteiger partial charge in [-0.05, 0) is 39.8 Å². The van der Waals surface area contributed by atoms with E-state index in [9.17, 15) is 9.90 Å². The fourth-order valence-corrected chi connectivity index (χ4v) is 4.36. The number of amides is 1. The largest absolute Gasteiger partial charge is 0.465 e. The molecule has 8 heteroatoms. The number of rotatable bonds is 1. The number of nitrogens with zero attached hydrogens (tertiary/aromatic N) is 4. The molecule has 0 radical (unpaired) electrons. The lowest BCUT2D eigenvalue weighted by Gasteiger charge is -2.53. The van der Waals surface area contributed by atoms with Crippen molar-refractivity contribution in [3.8, 4) is 0 Å². The number of aryl methyl sites for hydroxylation is 1. The van der Waals surface area contributed by atoms with Gasteiger partial charge in [0, 0.05) is 26.2 Å². The number of hydrogen-bond acceptors (Lipinski definition) is 6. The summed E-state index contributed by atoms with van der Waals surface area (Å²) in [7, 11) is 0. The summed E-state index contributed by atoms with van der Waals surface area (Å²) in [6.45, 7) is 10.9. The number of hydrogen-bond donors (Lipinski definition) is 1. The van der Waals surface area contributed by atoms with Crippen molar-refractivity contribution in [1.29, 1.82) is 0 Å². The standard InChI is InChI=1S/C19H26N4O4/c1-11-12(5-6-13-16(11)21-27-20-13)15-10-22-7-8-23(18(24)25)9-14(22)17(26-15)19(2,3)4/h5-6,14-15,17H,7-10H2,1-4H3,(H,24,25)/t14-,15+,17?/m0/s1. The number of ether oxygens (including phenoxy) is 1. The van der Waals surface area contributed by atoms with Gasteiger partial charge in [-0.15, -0.1) is 0 Å². The predicted molar refractivity (Wildman–Crippen MR) is 98.6 cm³/mol. The Morgan fingerprint density at radius 1 is 1.22 bits per heavy atom. The zero-order valence-corrected chi connectivity index (χ0v) is 16.2. The Morgan fingerprint density at radius 2 is 2.00 bits per heavy atom. The lowest BCUT2D eigenvalue weighted by Crippen LogP contribution is -2.65. The zero-order valence-electron chi connectivity index (χ0n) is 16.2. The third-order valence-electron chi connectivity index (χ3n) is 5.79. The summed E-state index contributed by atoms with van der Waals surface area (Å²) in [5.74, 6) is 0. The van der Waals surface area contributed by atoms with Crippen LogP contribution in [-0.4, -0.2) is 69.6 Å². The lowest BCUT2D eigenvalue weighted by molar-refractivity contribution is -0.173. The molecule has 8 nitrogen and oxygen atoms in total. The van der Waals surface area contributed by atoms with Gasteiger partial charge in [-0.25, -0.2) is 9.42 Å². The van der Waals surface area contributed by atoms with Crippen LogP contribution in [0.15, 0.2) is 16.8 Å². The molecule has 0 aliphatic carbocycles. The van der Waals surface area contributed by atoms with Crippen LogP contribution in [0.2, 0.25) is 0 Å². The number of benzene rings is 1. The first-order valence-electron chi connectivity index (χ1n) is 9.35. The molecule has 1 unspecified atom stereocenters. The summed E-state index contributed by atoms with van der Waals surface area (Å²) in [6, 6.07) is 4.02. The number of aromatic nitrogens is 2. The maximum absolute atomic E-state index is 11.5. The molecule has 1 aromatic heterocycles. The molecular formula is C19H26N4O4. The molecule has 3 atom stereocenters. The summed E-state index contributed by atoms with van der Waals surface area (Å²) in [6.07, 6.45) is -1.03. The van der Waals surface area contributed by atoms with E-state index >= 15 is 0 Å². The highest BCUT2D eigenvalue weighted by molar-refractivity contribution is 5.78. The Hall–Kier alpha value is -2.19. The molecule has 27 heavy (non-hydrogen) atoms. The highest BCUT2D eigenvalue weighted by Gasteiger charge is 2.46. The van der Waals surface area contributed by atoms with Crippen LogP contribution in [0.25, 0.3) is 11.0 Å². The minimum absolute atomic E-state index is 0.0591. The van der Waals surface area contributed by atoms with E-state index in [-0.39, 0.29) is 23.7 Å². The molecular weight excluding hydrogens is 348 g/mol. The predicted octanol–water partition coefficient (Wildman–Crippen LogP) is 2.68. The van der Waals surface area contributed by atoms with Crippen LogP contribution in [0.3, 0.4) is 0 Å². The minimum atomic E-state index is -0.857. The van der Waals surface area contributed by atoms with E-state index in [1.54, 1.807) is 0 Å². The normalized spacial score (nSPS) is 27.0. The van der Waals surface area contributed by atoms with Crippen molar-refractivity contribution in [1.82, 2.24) is 20.1 Å². The van der Waals surface area contributed by atoms with E-state index in [2.05, 4.69) is 36.0 Å². The van der Waals surface area contributed by atoms with E-state index in [0.29, 0.717) is 13.1 Å². The Labute approximate surface area is 158 Å². The fourth-order valence-electron chi connectivity index (χ4n) is 4.36. The average Bonchev–Trinajstić information content (AvgIpc) is 3.09. The highest BCUT2D eigenvalue weighted by Crippen LogP contribution is 2.39. The molecule has 2 fully saturated rings. The molecule has 0 saturated carbocycles. The first-order valence-corrected chi connectivity index (χ1v) is 9.35. The summed E-state index contributed by atoms with van der Waals surface area (Å²) in [5.41, 5.74) is 3.51. The number of carboxylic acid groups (broad SMARTS) is 1. The van der Waals surface area contributed by atoms with Crippen molar-refractivity contribution in [3.05, 3.63) is 23.3 Å². The quantitative estimate of drug-likeness (QED) is 0.820. The van der Waals surface area contributed by atoms with Gasteiger partial charge in [-0.2, -0.15) is 0 Å². The first-order chi connectivity index (χ1) is 12.8. The third kappa shape index (κ3) is 3.17. The lowest BCUT2D eigenvalue weighted by atomic mass is 9.81. The number of piperazine rings is 1. The Balaban J connectivity index is 1.67. The molecule has 0 bridgehead atoms. The first kappa shape index (κ1) is 18.2. The van der Waals surface area contributed by atoms with Gasteiger partial charge in [-0.3, -0.25) is 4.90 Å². The van der Waals surface area contributed by atoms with Crippen molar-refractivity contribution >= 4 is 17.1 Å². The number of morpholine rings is 1. The van der Waals surface area contributed by atoms with E-state index in [1.807, 2.05) is 19.1 Å². The number of fused-ring (bicyclic) bond motifs is 2. The molecule has 146 valence electrons. The van der Waals surface area contributed by atoms with Gasteiger partial charge < -0.3 is 14.7 Å². The van der Waals surface area contributed by atoms with Crippen LogP contribution < -0.4 is 0 Å². The van der Waals surface area contributed by atoms with Gasteiger partial charge in [0.25, 0.3) is 0 Å². The van der Waals surface area contributed by atoms with Crippen LogP contribution in [0.5, 0.6) is 0 Å². The summed E-state index contributed by atoms with van der Waals surface area (Å²) >= 11 is 0. The average molecular weight is 374 g/mol. The van der Waals surface area contributed by atoms with Crippen molar-refractivity contribution in [2.24, 2.45) is 5.41 Å². The molecule has 1 aromatic carbocycles. The molecule has 2 aromatic rings. The van der Waals surface area contributed by atoms with Crippen LogP contribution >= 0.6 is 0 Å². The smallest absolute Gasteiger partial charge is 0.407 e. The van der Waals surface area contributed by atoms with Crippen LogP contribution in [0.1, 0.15) is 38.0 Å². The van der Waals surface area contributed by atoms with Crippen LogP contribution in [0.4, 0.5) is 4.79 Å². The maximum atomic E-state index is 11.5. The third-order valence-corrected chi connectivity index (χ3v) is 5.79. The van der Waals surface area contributed by atoms with E-state index in [4.69, 9.17) is 9.37 Å². The fraction of sp³-hybridized carbons (Fsp3) is 0.632. The van der Waals surface area contributed by atoms with Crippen LogP contribution in [0, 0.1) is 12.3 Å². The summed E-state index contributed by atoms with van der Waals surface area (Å²) in [4.78, 5) is 15.3. The molecule has 1 amide bonds. The molecule has 0 spiro atoms. The minimum Gasteiger partial charge on any atom is -0.465 e. The SMILES string of the molecule is Cc1c([C@H]2CN3CCN(C(=O)O)C[C@H]3C(C(C)(C)C)O2)ccc2nonc12. The molecule has 1 N–H and O–H groups in total. The highest BCUT2D eigenvalue weighted by atomic mass is 16.6. The number of carbonyl (C=O) groups is 1. The monoisotopic (exact) mass is 374 g/mol. The Kier molecular flexibility index (Phi) is 4.35. The molecule has 4 rings (SSSR count). The molecule has 3 heterocycles. The van der Waals surface area contributed by atoms with Gasteiger partial charge in [0.15, 0.2) is 0 Å². The Bertz CT molecular complexity index is 859. The van der Waals surface area contributed by atoms with Crippen LogP contribution in [-0.2, 0) is 4.74 Å².